The Morgan fingerprint density at radius 3 is 2.94 bits per heavy atom. The summed E-state index contributed by atoms with van der Waals surface area (Å²) in [7, 11) is 0. The number of fused-ring (bicyclic) bond motifs is 1. The van der Waals surface area contributed by atoms with Crippen molar-refractivity contribution >= 4 is 57.6 Å². The molecule has 1 heterocycles. The first kappa shape index (κ1) is 14.3. The molecule has 0 radical (unpaired) electrons. The Bertz CT molecular complexity index is 620. The minimum Gasteiger partial charge on any atom is -0.331 e. The van der Waals surface area contributed by atoms with Gasteiger partial charge in [0.15, 0.2) is 4.77 Å². The quantitative estimate of drug-likeness (QED) is 0.595. The van der Waals surface area contributed by atoms with Crippen LogP contribution in [0.5, 0.6) is 0 Å². The van der Waals surface area contributed by atoms with Crippen molar-refractivity contribution in [1.82, 2.24) is 9.55 Å². The van der Waals surface area contributed by atoms with Crippen molar-refractivity contribution < 1.29 is 4.39 Å². The third kappa shape index (κ3) is 2.75. The second-order valence-electron chi connectivity index (χ2n) is 4.21. The first-order valence-electron chi connectivity index (χ1n) is 5.62. The van der Waals surface area contributed by atoms with Gasteiger partial charge in [0.2, 0.25) is 0 Å². The molecule has 1 atom stereocenters. The van der Waals surface area contributed by atoms with Crippen molar-refractivity contribution in [3.05, 3.63) is 26.3 Å². The van der Waals surface area contributed by atoms with Gasteiger partial charge in [-0.25, -0.2) is 4.39 Å². The highest BCUT2D eigenvalue weighted by Gasteiger charge is 2.13. The Morgan fingerprint density at radius 2 is 2.28 bits per heavy atom. The van der Waals surface area contributed by atoms with E-state index in [9.17, 15) is 4.39 Å². The van der Waals surface area contributed by atoms with Crippen LogP contribution in [0.1, 0.15) is 19.4 Å². The number of imidazole rings is 1. The molecule has 0 fully saturated rings. The summed E-state index contributed by atoms with van der Waals surface area (Å²) in [6.45, 7) is 2.12. The lowest BCUT2D eigenvalue weighted by Crippen LogP contribution is -2.06. The number of rotatable bonds is 4. The molecule has 1 aromatic carbocycles. The summed E-state index contributed by atoms with van der Waals surface area (Å²) in [5.74, 6) is 0.880. The van der Waals surface area contributed by atoms with Crippen molar-refractivity contribution in [3.63, 3.8) is 0 Å². The number of halogens is 2. The number of nitrogens with zero attached hydrogens (tertiary/aromatic N) is 1. The van der Waals surface area contributed by atoms with Gasteiger partial charge < -0.3 is 9.55 Å². The zero-order valence-corrected chi connectivity index (χ0v) is 14.0. The molecule has 98 valence electrons. The second-order valence-corrected chi connectivity index (χ2v) is 6.75. The summed E-state index contributed by atoms with van der Waals surface area (Å²) in [5, 5.41) is 0. The molecule has 0 bridgehead atoms. The minimum absolute atomic E-state index is 0.192. The van der Waals surface area contributed by atoms with Crippen molar-refractivity contribution in [3.8, 4) is 0 Å². The van der Waals surface area contributed by atoms with Crippen molar-refractivity contribution in [2.45, 2.75) is 19.4 Å². The highest BCUT2D eigenvalue weighted by molar-refractivity contribution is 14.1. The molecule has 0 aliphatic heterocycles. The van der Waals surface area contributed by atoms with Crippen molar-refractivity contribution in [1.29, 1.82) is 0 Å². The molecule has 0 saturated heterocycles. The topological polar surface area (TPSA) is 20.7 Å². The van der Waals surface area contributed by atoms with Crippen LogP contribution in [0.4, 0.5) is 4.39 Å². The Labute approximate surface area is 128 Å². The molecule has 0 amide bonds. The van der Waals surface area contributed by atoms with E-state index in [1.165, 1.54) is 0 Å². The Balaban J connectivity index is 2.53. The van der Waals surface area contributed by atoms with Crippen LogP contribution in [-0.4, -0.2) is 21.6 Å². The summed E-state index contributed by atoms with van der Waals surface area (Å²) in [6, 6.07) is 3.65. The van der Waals surface area contributed by atoms with Crippen LogP contribution in [0.15, 0.2) is 12.1 Å². The van der Waals surface area contributed by atoms with Crippen LogP contribution in [0.3, 0.4) is 0 Å². The van der Waals surface area contributed by atoms with E-state index >= 15 is 0 Å². The molecular formula is C12H14FIN2S2. The molecule has 18 heavy (non-hydrogen) atoms. The molecule has 2 rings (SSSR count). The van der Waals surface area contributed by atoms with Gasteiger partial charge in [0.25, 0.3) is 0 Å². The van der Waals surface area contributed by atoms with Crippen molar-refractivity contribution in [2.75, 3.05) is 12.0 Å². The number of H-pyrrole nitrogens is 1. The molecule has 2 aromatic rings. The summed E-state index contributed by atoms with van der Waals surface area (Å²) in [6.07, 6.45) is 3.11. The molecule has 1 N–H and O–H groups in total. The zero-order valence-electron chi connectivity index (χ0n) is 10.2. The summed E-state index contributed by atoms with van der Waals surface area (Å²) >= 11 is 9.14. The lowest BCUT2D eigenvalue weighted by atomic mass is 10.2. The number of aromatic amines is 1. The number of hydrogen-bond acceptors (Lipinski definition) is 2. The van der Waals surface area contributed by atoms with E-state index in [4.69, 9.17) is 12.2 Å². The fourth-order valence-electron chi connectivity index (χ4n) is 1.98. The van der Waals surface area contributed by atoms with Gasteiger partial charge in [-0.05, 0) is 66.2 Å². The van der Waals surface area contributed by atoms with Crippen LogP contribution < -0.4 is 0 Å². The monoisotopic (exact) mass is 396 g/mol. The Morgan fingerprint density at radius 1 is 1.56 bits per heavy atom. The smallest absolute Gasteiger partial charge is 0.178 e. The van der Waals surface area contributed by atoms with E-state index in [2.05, 4.69) is 18.2 Å². The van der Waals surface area contributed by atoms with Crippen LogP contribution >= 0.6 is 46.6 Å². The lowest BCUT2D eigenvalue weighted by molar-refractivity contribution is 0.541. The highest BCUT2D eigenvalue weighted by atomic mass is 127. The maximum atomic E-state index is 13.7. The van der Waals surface area contributed by atoms with E-state index in [1.54, 1.807) is 12.1 Å². The predicted octanol–water partition coefficient (Wildman–Crippen LogP) is 4.76. The van der Waals surface area contributed by atoms with Gasteiger partial charge in [0, 0.05) is 12.1 Å². The van der Waals surface area contributed by atoms with Gasteiger partial charge in [0.05, 0.1) is 14.6 Å². The summed E-state index contributed by atoms with van der Waals surface area (Å²) < 4.78 is 17.0. The van der Waals surface area contributed by atoms with Crippen LogP contribution in [0, 0.1) is 14.2 Å². The standard InChI is InChI=1S/C12H14FIN2S2/c1-7(3-4-18-2)16-11-5-8(13)9(14)6-10(11)15-12(16)17/h5-7H,3-4H2,1-2H3,(H,15,17). The summed E-state index contributed by atoms with van der Waals surface area (Å²) in [5.41, 5.74) is 1.76. The SMILES string of the molecule is CSCCC(C)n1c(=S)[nH]c2cc(I)c(F)cc21. The fraction of sp³-hybridized carbons (Fsp3) is 0.417. The fourth-order valence-corrected chi connectivity index (χ4v) is 3.41. The highest BCUT2D eigenvalue weighted by Crippen LogP contribution is 2.25. The van der Waals surface area contributed by atoms with E-state index in [0.29, 0.717) is 8.34 Å². The van der Waals surface area contributed by atoms with Gasteiger partial charge in [-0.1, -0.05) is 0 Å². The first-order chi connectivity index (χ1) is 8.54. The van der Waals surface area contributed by atoms with Gasteiger partial charge in [-0.15, -0.1) is 0 Å². The largest absolute Gasteiger partial charge is 0.331 e. The second kappa shape index (κ2) is 5.92. The van der Waals surface area contributed by atoms with Crippen LogP contribution in [0.2, 0.25) is 0 Å². The van der Waals surface area contributed by atoms with E-state index in [1.807, 2.05) is 38.9 Å². The van der Waals surface area contributed by atoms with Gasteiger partial charge in [0.1, 0.15) is 5.82 Å². The number of benzene rings is 1. The Kier molecular flexibility index (Phi) is 4.71. The molecule has 1 aromatic heterocycles. The van der Waals surface area contributed by atoms with Crippen LogP contribution in [0.25, 0.3) is 11.0 Å². The zero-order chi connectivity index (χ0) is 13.3. The maximum Gasteiger partial charge on any atom is 0.178 e. The molecule has 0 aliphatic carbocycles. The maximum absolute atomic E-state index is 13.7. The summed E-state index contributed by atoms with van der Waals surface area (Å²) in [4.78, 5) is 3.15. The molecule has 1 unspecified atom stereocenters. The van der Waals surface area contributed by atoms with Gasteiger partial charge in [-0.3, -0.25) is 0 Å². The lowest BCUT2D eigenvalue weighted by Gasteiger charge is -2.14. The molecule has 0 saturated carbocycles. The average Bonchev–Trinajstić information content (AvgIpc) is 2.62. The predicted molar refractivity (Wildman–Crippen MR) is 87.5 cm³/mol. The van der Waals surface area contributed by atoms with Gasteiger partial charge >= 0.3 is 0 Å². The Hall–Kier alpha value is -0.0800. The van der Waals surface area contributed by atoms with E-state index in [0.717, 1.165) is 23.2 Å². The molecule has 6 heteroatoms. The van der Waals surface area contributed by atoms with E-state index < -0.39 is 0 Å². The van der Waals surface area contributed by atoms with Crippen molar-refractivity contribution in [2.24, 2.45) is 0 Å². The first-order valence-corrected chi connectivity index (χ1v) is 8.51. The van der Waals surface area contributed by atoms with Crippen LogP contribution in [-0.2, 0) is 0 Å². The number of hydrogen-bond donors (Lipinski definition) is 1. The number of thioether (sulfide) groups is 1. The van der Waals surface area contributed by atoms with E-state index in [-0.39, 0.29) is 11.9 Å². The third-order valence-corrected chi connectivity index (χ3v) is 4.71. The minimum atomic E-state index is -0.192. The molecule has 2 nitrogen and oxygen atoms in total. The number of nitrogens with one attached hydrogen (secondary N) is 1. The normalized spacial score (nSPS) is 13.1. The molecule has 0 aliphatic rings. The third-order valence-electron chi connectivity index (χ3n) is 2.94. The van der Waals surface area contributed by atoms with Gasteiger partial charge in [-0.2, -0.15) is 11.8 Å². The average molecular weight is 396 g/mol. The molecule has 0 spiro atoms. The number of aromatic nitrogens is 2. The molecular weight excluding hydrogens is 382 g/mol.